The van der Waals surface area contributed by atoms with Crippen molar-refractivity contribution in [3.63, 3.8) is 0 Å². The Balaban J connectivity index is 2.10. The van der Waals surface area contributed by atoms with E-state index in [1.165, 1.54) is 6.07 Å². The molecule has 0 unspecified atom stereocenters. The van der Waals surface area contributed by atoms with Crippen molar-refractivity contribution in [2.45, 2.75) is 18.9 Å². The Morgan fingerprint density at radius 3 is 3.12 bits per heavy atom. The van der Waals surface area contributed by atoms with Crippen molar-refractivity contribution in [1.29, 1.82) is 0 Å². The van der Waals surface area contributed by atoms with E-state index in [-0.39, 0.29) is 17.8 Å². The maximum Gasteiger partial charge on any atom is 0.242 e. The van der Waals surface area contributed by atoms with Gasteiger partial charge in [0.15, 0.2) is 11.6 Å². The number of hydrogen-bond donors (Lipinski definition) is 2. The highest BCUT2D eigenvalue weighted by Gasteiger charge is 2.22. The molecule has 2 rings (SSSR count). The maximum absolute atomic E-state index is 13.5. The molecule has 6 heteroatoms. The van der Waals surface area contributed by atoms with Gasteiger partial charge in [-0.3, -0.25) is 4.79 Å². The molecule has 0 bridgehead atoms. The number of rotatable bonds is 2. The first-order valence-corrected chi connectivity index (χ1v) is 6.10. The second kappa shape index (κ2) is 4.94. The van der Waals surface area contributed by atoms with E-state index >= 15 is 0 Å². The van der Waals surface area contributed by atoms with Crippen LogP contribution in [0.5, 0.6) is 0 Å². The van der Waals surface area contributed by atoms with E-state index in [1.807, 2.05) is 22.6 Å². The fraction of sp³-hybridized carbons (Fsp3) is 0.400. The lowest BCUT2D eigenvalue weighted by atomic mass is 10.1. The second-order valence-electron chi connectivity index (χ2n) is 3.61. The van der Waals surface area contributed by atoms with Gasteiger partial charge in [0.05, 0.1) is 0 Å². The minimum Gasteiger partial charge on any atom is -0.356 e. The zero-order valence-electron chi connectivity index (χ0n) is 8.46. The van der Waals surface area contributed by atoms with E-state index in [0.717, 1.165) is 9.99 Å². The summed E-state index contributed by atoms with van der Waals surface area (Å²) in [6.07, 6.45) is 3.17. The van der Waals surface area contributed by atoms with Gasteiger partial charge in [-0.15, -0.1) is 0 Å². The molecule has 2 N–H and O–H groups in total. The van der Waals surface area contributed by atoms with Gasteiger partial charge in [0.25, 0.3) is 0 Å². The first-order chi connectivity index (χ1) is 7.66. The molecule has 1 aromatic heterocycles. The van der Waals surface area contributed by atoms with Crippen LogP contribution < -0.4 is 10.6 Å². The van der Waals surface area contributed by atoms with Crippen LogP contribution in [0.25, 0.3) is 0 Å². The number of piperidine rings is 1. The lowest BCUT2D eigenvalue weighted by Gasteiger charge is -2.23. The summed E-state index contributed by atoms with van der Waals surface area (Å²) in [5.41, 5.74) is 0. The van der Waals surface area contributed by atoms with E-state index in [2.05, 4.69) is 15.6 Å². The number of nitrogens with one attached hydrogen (secondary N) is 2. The zero-order chi connectivity index (χ0) is 11.5. The number of anilines is 1. The highest BCUT2D eigenvalue weighted by molar-refractivity contribution is 14.1. The first kappa shape index (κ1) is 11.6. The Kier molecular flexibility index (Phi) is 3.57. The van der Waals surface area contributed by atoms with Crippen LogP contribution in [0, 0.1) is 9.39 Å². The normalized spacial score (nSPS) is 20.4. The largest absolute Gasteiger partial charge is 0.356 e. The van der Waals surface area contributed by atoms with Crippen molar-refractivity contribution >= 4 is 34.3 Å². The number of carbonyl (C=O) groups is 1. The molecule has 1 amide bonds. The summed E-state index contributed by atoms with van der Waals surface area (Å²) in [7, 11) is 0. The quantitative estimate of drug-likeness (QED) is 0.806. The summed E-state index contributed by atoms with van der Waals surface area (Å²) in [5, 5.41) is 5.55. The molecule has 0 aromatic carbocycles. The predicted molar refractivity (Wildman–Crippen MR) is 66.6 cm³/mol. The molecule has 1 aromatic rings. The minimum atomic E-state index is -0.426. The Bertz CT molecular complexity index is 413. The number of amides is 1. The number of halogens is 2. The van der Waals surface area contributed by atoms with Crippen LogP contribution in [0.3, 0.4) is 0 Å². The topological polar surface area (TPSA) is 54.0 Å². The zero-order valence-corrected chi connectivity index (χ0v) is 10.6. The lowest BCUT2D eigenvalue weighted by molar-refractivity contribution is -0.123. The molecule has 1 atom stereocenters. The van der Waals surface area contributed by atoms with Gasteiger partial charge in [0.2, 0.25) is 5.91 Å². The van der Waals surface area contributed by atoms with Crippen LogP contribution >= 0.6 is 22.6 Å². The van der Waals surface area contributed by atoms with Gasteiger partial charge >= 0.3 is 0 Å². The number of pyridine rings is 1. The molecule has 1 fully saturated rings. The van der Waals surface area contributed by atoms with Crippen molar-refractivity contribution in [1.82, 2.24) is 10.3 Å². The fourth-order valence-corrected chi connectivity index (χ4v) is 2.01. The number of hydrogen-bond acceptors (Lipinski definition) is 3. The van der Waals surface area contributed by atoms with Crippen LogP contribution in [0.1, 0.15) is 12.8 Å². The number of nitrogens with zero attached hydrogens (tertiary/aromatic N) is 1. The number of carbonyl (C=O) groups excluding carboxylic acids is 1. The summed E-state index contributed by atoms with van der Waals surface area (Å²) in [6.45, 7) is 0.694. The van der Waals surface area contributed by atoms with Crippen LogP contribution in [-0.4, -0.2) is 23.5 Å². The highest BCUT2D eigenvalue weighted by atomic mass is 127. The van der Waals surface area contributed by atoms with Gasteiger partial charge in [-0.25, -0.2) is 9.37 Å². The van der Waals surface area contributed by atoms with Crippen molar-refractivity contribution < 1.29 is 9.18 Å². The van der Waals surface area contributed by atoms with Crippen molar-refractivity contribution in [3.8, 4) is 0 Å². The third-order valence-corrected chi connectivity index (χ3v) is 2.99. The van der Waals surface area contributed by atoms with E-state index in [4.69, 9.17) is 0 Å². The highest BCUT2D eigenvalue weighted by Crippen LogP contribution is 2.16. The maximum atomic E-state index is 13.5. The van der Waals surface area contributed by atoms with E-state index in [9.17, 15) is 9.18 Å². The monoisotopic (exact) mass is 335 g/mol. The van der Waals surface area contributed by atoms with Gasteiger partial charge in [0.1, 0.15) is 6.04 Å². The van der Waals surface area contributed by atoms with Crippen LogP contribution in [0.4, 0.5) is 10.2 Å². The molecule has 16 heavy (non-hydrogen) atoms. The third-order valence-electron chi connectivity index (χ3n) is 2.40. The molecule has 4 nitrogen and oxygen atoms in total. The molecular weight excluding hydrogens is 324 g/mol. The smallest absolute Gasteiger partial charge is 0.242 e. The molecule has 0 spiro atoms. The van der Waals surface area contributed by atoms with Crippen LogP contribution in [-0.2, 0) is 4.79 Å². The Hall–Kier alpha value is -0.920. The molecule has 2 heterocycles. The van der Waals surface area contributed by atoms with Crippen LogP contribution in [0.2, 0.25) is 0 Å². The molecule has 86 valence electrons. The predicted octanol–water partition coefficient (Wildman–Crippen LogP) is 1.52. The molecule has 0 saturated carbocycles. The van der Waals surface area contributed by atoms with Gasteiger partial charge in [-0.05, 0) is 41.5 Å². The van der Waals surface area contributed by atoms with Crippen molar-refractivity contribution in [2.75, 3.05) is 11.9 Å². The van der Waals surface area contributed by atoms with E-state index in [0.29, 0.717) is 13.0 Å². The molecule has 0 radical (unpaired) electrons. The second-order valence-corrected chi connectivity index (χ2v) is 4.86. The minimum absolute atomic E-state index is 0.0917. The summed E-state index contributed by atoms with van der Waals surface area (Å²) in [6, 6.07) is 1.01. The SMILES string of the molecule is O=C1NCCC[C@@H]1Nc1ncc(I)cc1F. The summed E-state index contributed by atoms with van der Waals surface area (Å²) >= 11 is 1.99. The molecule has 1 saturated heterocycles. The van der Waals surface area contributed by atoms with Gasteiger partial charge in [-0.1, -0.05) is 0 Å². The average molecular weight is 335 g/mol. The average Bonchev–Trinajstić information content (AvgIpc) is 2.25. The Morgan fingerprint density at radius 1 is 1.62 bits per heavy atom. The Morgan fingerprint density at radius 2 is 2.44 bits per heavy atom. The lowest BCUT2D eigenvalue weighted by Crippen LogP contribution is -2.44. The summed E-state index contributed by atoms with van der Waals surface area (Å²) in [4.78, 5) is 15.4. The third kappa shape index (κ3) is 2.60. The summed E-state index contributed by atoms with van der Waals surface area (Å²) < 4.78 is 14.2. The van der Waals surface area contributed by atoms with Crippen molar-refractivity contribution in [3.05, 3.63) is 21.7 Å². The Labute approximate surface area is 106 Å². The fourth-order valence-electron chi connectivity index (χ4n) is 1.60. The molecule has 0 aliphatic carbocycles. The van der Waals surface area contributed by atoms with E-state index < -0.39 is 5.82 Å². The van der Waals surface area contributed by atoms with Crippen LogP contribution in [0.15, 0.2) is 12.3 Å². The molecule has 1 aliphatic heterocycles. The molecular formula is C10H11FIN3O. The first-order valence-electron chi connectivity index (χ1n) is 5.02. The summed E-state index contributed by atoms with van der Waals surface area (Å²) in [5.74, 6) is -0.376. The standard InChI is InChI=1S/C10H11FIN3O/c11-7-4-6(12)5-14-9(7)15-8-2-1-3-13-10(8)16/h4-5,8H,1-3H2,(H,13,16)(H,14,15)/t8-/m0/s1. The van der Waals surface area contributed by atoms with Crippen molar-refractivity contribution in [2.24, 2.45) is 0 Å². The van der Waals surface area contributed by atoms with Gasteiger partial charge in [0, 0.05) is 16.3 Å². The number of aromatic nitrogens is 1. The van der Waals surface area contributed by atoms with Gasteiger partial charge in [-0.2, -0.15) is 0 Å². The van der Waals surface area contributed by atoms with Gasteiger partial charge < -0.3 is 10.6 Å². The molecule has 1 aliphatic rings. The van der Waals surface area contributed by atoms with E-state index in [1.54, 1.807) is 6.20 Å².